The lowest BCUT2D eigenvalue weighted by Crippen LogP contribution is -2.47. The van der Waals surface area contributed by atoms with Crippen LogP contribution in [-0.4, -0.2) is 53.3 Å². The van der Waals surface area contributed by atoms with Gasteiger partial charge >= 0.3 is 12.1 Å². The number of hydrogen-bond acceptors (Lipinski definition) is 6. The SMILES string of the molecule is CC(C)(C)OC(=O)N1CCC(CC(=O)O)(c2ccc3c(c2)OCO3)CC1.CCC(=O)CC. The molecule has 32 heavy (non-hydrogen) atoms. The Kier molecular flexibility index (Phi) is 8.52. The number of carbonyl (C=O) groups excluding carboxylic acids is 2. The Hall–Kier alpha value is -2.77. The first kappa shape index (κ1) is 25.5. The van der Waals surface area contributed by atoms with Crippen molar-refractivity contribution in [1.29, 1.82) is 0 Å². The molecule has 0 spiro atoms. The van der Waals surface area contributed by atoms with Crippen LogP contribution in [0.3, 0.4) is 0 Å². The first-order chi connectivity index (χ1) is 15.0. The number of carbonyl (C=O) groups is 3. The van der Waals surface area contributed by atoms with E-state index in [1.807, 2.05) is 52.8 Å². The van der Waals surface area contributed by atoms with Crippen molar-refractivity contribution >= 4 is 17.8 Å². The van der Waals surface area contributed by atoms with Gasteiger partial charge < -0.3 is 24.2 Å². The summed E-state index contributed by atoms with van der Waals surface area (Å²) >= 11 is 0. The zero-order chi connectivity index (χ0) is 23.9. The number of benzene rings is 1. The van der Waals surface area contributed by atoms with Gasteiger partial charge in [0.05, 0.1) is 6.42 Å². The van der Waals surface area contributed by atoms with Gasteiger partial charge in [0.15, 0.2) is 11.5 Å². The summed E-state index contributed by atoms with van der Waals surface area (Å²) in [6.45, 7) is 10.3. The van der Waals surface area contributed by atoms with Crippen LogP contribution in [-0.2, 0) is 19.7 Å². The molecule has 8 nitrogen and oxygen atoms in total. The predicted molar refractivity (Wildman–Crippen MR) is 119 cm³/mol. The minimum Gasteiger partial charge on any atom is -0.481 e. The molecule has 2 aliphatic heterocycles. The number of ketones is 1. The molecular weight excluding hydrogens is 414 g/mol. The molecule has 178 valence electrons. The topological polar surface area (TPSA) is 102 Å². The number of piperidine rings is 1. The third-order valence-electron chi connectivity index (χ3n) is 5.64. The number of ether oxygens (including phenoxy) is 3. The second-order valence-corrected chi connectivity index (χ2v) is 9.13. The highest BCUT2D eigenvalue weighted by atomic mass is 16.7. The Morgan fingerprint density at radius 1 is 1.06 bits per heavy atom. The molecule has 0 saturated carbocycles. The fourth-order valence-electron chi connectivity index (χ4n) is 3.78. The van der Waals surface area contributed by atoms with Gasteiger partial charge in [0.1, 0.15) is 11.4 Å². The van der Waals surface area contributed by atoms with Crippen molar-refractivity contribution in [3.63, 3.8) is 0 Å². The van der Waals surface area contributed by atoms with Crippen LogP contribution in [0.15, 0.2) is 18.2 Å². The highest BCUT2D eigenvalue weighted by Crippen LogP contribution is 2.43. The minimum atomic E-state index is -0.853. The van der Waals surface area contributed by atoms with Crippen LogP contribution >= 0.6 is 0 Å². The largest absolute Gasteiger partial charge is 0.481 e. The molecule has 1 amide bonds. The van der Waals surface area contributed by atoms with E-state index < -0.39 is 17.0 Å². The molecule has 1 saturated heterocycles. The summed E-state index contributed by atoms with van der Waals surface area (Å²) in [6.07, 6.45) is 2.14. The molecule has 0 unspecified atom stereocenters. The highest BCUT2D eigenvalue weighted by molar-refractivity contribution is 5.77. The van der Waals surface area contributed by atoms with Gasteiger partial charge in [-0.1, -0.05) is 19.9 Å². The first-order valence-corrected chi connectivity index (χ1v) is 11.1. The maximum absolute atomic E-state index is 12.3. The molecule has 0 bridgehead atoms. The van der Waals surface area contributed by atoms with E-state index in [0.717, 1.165) is 5.56 Å². The van der Waals surface area contributed by atoms with E-state index in [-0.39, 0.29) is 19.3 Å². The van der Waals surface area contributed by atoms with Crippen LogP contribution in [0.1, 0.15) is 72.3 Å². The minimum absolute atomic E-state index is 0.00873. The molecule has 1 N–H and O–H groups in total. The zero-order valence-electron chi connectivity index (χ0n) is 19.7. The Morgan fingerprint density at radius 2 is 1.66 bits per heavy atom. The predicted octanol–water partition coefficient (Wildman–Crippen LogP) is 4.53. The summed E-state index contributed by atoms with van der Waals surface area (Å²) in [7, 11) is 0. The van der Waals surface area contributed by atoms with Crippen molar-refractivity contribution in [3.8, 4) is 11.5 Å². The zero-order valence-corrected chi connectivity index (χ0v) is 19.7. The molecular formula is C24H35NO7. The monoisotopic (exact) mass is 449 g/mol. The van der Waals surface area contributed by atoms with E-state index in [1.54, 1.807) is 4.90 Å². The second-order valence-electron chi connectivity index (χ2n) is 9.13. The van der Waals surface area contributed by atoms with E-state index in [9.17, 15) is 19.5 Å². The number of carboxylic acids is 1. The molecule has 2 heterocycles. The molecule has 0 radical (unpaired) electrons. The smallest absolute Gasteiger partial charge is 0.410 e. The number of fused-ring (bicyclic) bond motifs is 1. The molecule has 0 atom stereocenters. The van der Waals surface area contributed by atoms with Crippen LogP contribution in [0.2, 0.25) is 0 Å². The fourth-order valence-corrected chi connectivity index (χ4v) is 3.78. The average Bonchev–Trinajstić information content (AvgIpc) is 3.20. The van der Waals surface area contributed by atoms with Gasteiger partial charge in [-0.05, 0) is 51.3 Å². The summed E-state index contributed by atoms with van der Waals surface area (Å²) in [6, 6.07) is 5.59. The fraction of sp³-hybridized carbons (Fsp3) is 0.625. The van der Waals surface area contributed by atoms with Crippen molar-refractivity contribution in [2.24, 2.45) is 0 Å². The van der Waals surface area contributed by atoms with E-state index in [1.165, 1.54) is 0 Å². The average molecular weight is 450 g/mol. The summed E-state index contributed by atoms with van der Waals surface area (Å²) in [5.74, 6) is 0.802. The quantitative estimate of drug-likeness (QED) is 0.704. The number of likely N-dealkylation sites (tertiary alicyclic amines) is 1. The van der Waals surface area contributed by atoms with Crippen molar-refractivity contribution in [3.05, 3.63) is 23.8 Å². The van der Waals surface area contributed by atoms with Crippen molar-refractivity contribution in [2.45, 2.75) is 77.7 Å². The lowest BCUT2D eigenvalue weighted by Gasteiger charge is -2.41. The van der Waals surface area contributed by atoms with E-state index in [0.29, 0.717) is 56.1 Å². The molecule has 1 aromatic rings. The lowest BCUT2D eigenvalue weighted by atomic mass is 9.70. The van der Waals surface area contributed by atoms with Crippen molar-refractivity contribution < 1.29 is 33.7 Å². The van der Waals surface area contributed by atoms with Crippen LogP contribution in [0, 0.1) is 0 Å². The summed E-state index contributed by atoms with van der Waals surface area (Å²) in [5, 5.41) is 9.45. The first-order valence-electron chi connectivity index (χ1n) is 11.1. The van der Waals surface area contributed by atoms with Crippen molar-refractivity contribution in [2.75, 3.05) is 19.9 Å². The Morgan fingerprint density at radius 3 is 2.16 bits per heavy atom. The van der Waals surface area contributed by atoms with Gasteiger partial charge in [-0.2, -0.15) is 0 Å². The number of amides is 1. The summed E-state index contributed by atoms with van der Waals surface area (Å²) in [4.78, 5) is 35.6. The van der Waals surface area contributed by atoms with Gasteiger partial charge in [-0.3, -0.25) is 9.59 Å². The van der Waals surface area contributed by atoms with Gasteiger partial charge in [-0.25, -0.2) is 4.79 Å². The Balaban J connectivity index is 0.000000534. The van der Waals surface area contributed by atoms with Crippen LogP contribution < -0.4 is 9.47 Å². The summed E-state index contributed by atoms with van der Waals surface area (Å²) < 4.78 is 16.2. The number of rotatable bonds is 5. The molecule has 8 heteroatoms. The van der Waals surface area contributed by atoms with E-state index in [2.05, 4.69) is 0 Å². The number of hydrogen-bond donors (Lipinski definition) is 1. The molecule has 1 aromatic carbocycles. The number of carboxylic acid groups (broad SMARTS) is 1. The van der Waals surface area contributed by atoms with Crippen LogP contribution in [0.5, 0.6) is 11.5 Å². The normalized spacial score (nSPS) is 16.6. The van der Waals surface area contributed by atoms with Gasteiger partial charge in [0.25, 0.3) is 0 Å². The molecule has 2 aliphatic rings. The second kappa shape index (κ2) is 10.7. The third kappa shape index (κ3) is 6.87. The molecule has 0 aliphatic carbocycles. The van der Waals surface area contributed by atoms with E-state index in [4.69, 9.17) is 14.2 Å². The molecule has 3 rings (SSSR count). The number of aliphatic carboxylic acids is 1. The highest BCUT2D eigenvalue weighted by Gasteiger charge is 2.40. The van der Waals surface area contributed by atoms with E-state index >= 15 is 0 Å². The number of nitrogens with zero attached hydrogens (tertiary/aromatic N) is 1. The Labute approximate surface area is 189 Å². The maximum Gasteiger partial charge on any atom is 0.410 e. The maximum atomic E-state index is 12.3. The molecule has 1 fully saturated rings. The third-order valence-corrected chi connectivity index (χ3v) is 5.64. The van der Waals surface area contributed by atoms with Gasteiger partial charge in [-0.15, -0.1) is 0 Å². The van der Waals surface area contributed by atoms with Gasteiger partial charge in [0, 0.05) is 31.3 Å². The van der Waals surface area contributed by atoms with Crippen LogP contribution in [0.4, 0.5) is 4.79 Å². The van der Waals surface area contributed by atoms with Crippen molar-refractivity contribution in [1.82, 2.24) is 4.90 Å². The van der Waals surface area contributed by atoms with Gasteiger partial charge in [0.2, 0.25) is 6.79 Å². The van der Waals surface area contributed by atoms with Crippen LogP contribution in [0.25, 0.3) is 0 Å². The molecule has 0 aromatic heterocycles. The summed E-state index contributed by atoms with van der Waals surface area (Å²) in [5.41, 5.74) is -0.178. The standard InChI is InChI=1S/C19H25NO6.C5H10O/c1-18(2,3)26-17(23)20-8-6-19(7-9-20,11-16(21)22)13-4-5-14-15(10-13)25-12-24-14;1-3-5(6)4-2/h4-5,10H,6-9,11-12H2,1-3H3,(H,21,22);3-4H2,1-2H3. The number of Topliss-reactive ketones (excluding diaryl/α,β-unsaturated/α-hetero) is 1. The lowest BCUT2D eigenvalue weighted by molar-refractivity contribution is -0.139. The Bertz CT molecular complexity index is 814.